The molecule has 0 aliphatic heterocycles. The zero-order valence-corrected chi connectivity index (χ0v) is 21.8. The van der Waals surface area contributed by atoms with Gasteiger partial charge in [-0.05, 0) is 35.1 Å². The van der Waals surface area contributed by atoms with Crippen LogP contribution in [0.25, 0.3) is 11.1 Å². The normalized spacial score (nSPS) is 12.0. The first-order valence-corrected chi connectivity index (χ1v) is 12.5. The molecular weight excluding hydrogens is 506 g/mol. The van der Waals surface area contributed by atoms with Gasteiger partial charge >= 0.3 is 11.9 Å². The number of carboxylic acids is 1. The summed E-state index contributed by atoms with van der Waals surface area (Å²) in [5.74, 6) is -1.51. The third-order valence-electron chi connectivity index (χ3n) is 6.44. The van der Waals surface area contributed by atoms with Crippen molar-refractivity contribution in [1.29, 1.82) is 0 Å². The standard InChI is InChI=1S/C29H31NO9/c1-34-38-25-15-24(36-14-8-7-13-26(31)32)22(16-30)28(39-35-2)27(25)29(33)37-17-23-20-11-5-3-9-18(20)19-10-4-6-12-21(19)23/h3-6,9-12,15,23H,7-8,13-14,16-17,30H2,1-2H3,(H,31,32). The molecule has 10 heteroatoms. The molecule has 3 aromatic carbocycles. The van der Waals surface area contributed by atoms with Gasteiger partial charge in [0, 0.05) is 24.9 Å². The average Bonchev–Trinajstić information content (AvgIpc) is 3.25. The van der Waals surface area contributed by atoms with Gasteiger partial charge in [-0.15, -0.1) is 0 Å². The van der Waals surface area contributed by atoms with Crippen molar-refractivity contribution in [2.45, 2.75) is 31.7 Å². The van der Waals surface area contributed by atoms with Gasteiger partial charge in [0.15, 0.2) is 17.1 Å². The number of rotatable bonds is 14. The predicted molar refractivity (Wildman–Crippen MR) is 141 cm³/mol. The Labute approximate surface area is 226 Å². The molecule has 1 aliphatic rings. The third-order valence-corrected chi connectivity index (χ3v) is 6.44. The Kier molecular flexibility index (Phi) is 9.37. The summed E-state index contributed by atoms with van der Waals surface area (Å²) < 4.78 is 11.7. The minimum absolute atomic E-state index is 0.0143. The lowest BCUT2D eigenvalue weighted by atomic mass is 9.98. The second-order valence-electron chi connectivity index (χ2n) is 8.78. The van der Waals surface area contributed by atoms with Crippen molar-refractivity contribution in [3.05, 3.63) is 76.9 Å². The number of fused-ring (bicyclic) bond motifs is 3. The molecule has 0 bridgehead atoms. The van der Waals surface area contributed by atoms with E-state index >= 15 is 0 Å². The van der Waals surface area contributed by atoms with Gasteiger partial charge in [0.1, 0.15) is 12.4 Å². The smallest absolute Gasteiger partial charge is 0.346 e. The summed E-state index contributed by atoms with van der Waals surface area (Å²) in [5.41, 5.74) is 10.6. The highest BCUT2D eigenvalue weighted by atomic mass is 17.2. The highest BCUT2D eigenvalue weighted by Gasteiger charge is 2.32. The molecule has 0 amide bonds. The molecule has 10 nitrogen and oxygen atoms in total. The number of benzene rings is 3. The number of ether oxygens (including phenoxy) is 2. The van der Waals surface area contributed by atoms with E-state index in [1.165, 1.54) is 20.3 Å². The van der Waals surface area contributed by atoms with Crippen molar-refractivity contribution in [1.82, 2.24) is 0 Å². The van der Waals surface area contributed by atoms with E-state index in [4.69, 9.17) is 39.9 Å². The first kappa shape index (κ1) is 27.9. The van der Waals surface area contributed by atoms with E-state index in [2.05, 4.69) is 12.1 Å². The van der Waals surface area contributed by atoms with Gasteiger partial charge in [0.05, 0.1) is 26.4 Å². The number of carbonyl (C=O) groups is 2. The number of aliphatic carboxylic acids is 1. The fraction of sp³-hybridized carbons (Fsp3) is 0.310. The van der Waals surface area contributed by atoms with Crippen LogP contribution in [0, 0.1) is 0 Å². The van der Waals surface area contributed by atoms with Crippen molar-refractivity contribution in [2.75, 3.05) is 27.4 Å². The Balaban J connectivity index is 1.61. The van der Waals surface area contributed by atoms with Gasteiger partial charge < -0.3 is 30.1 Å². The Morgan fingerprint density at radius 1 is 0.897 bits per heavy atom. The van der Waals surface area contributed by atoms with Gasteiger partial charge in [-0.25, -0.2) is 4.79 Å². The zero-order chi connectivity index (χ0) is 27.8. The van der Waals surface area contributed by atoms with Crippen LogP contribution in [0.2, 0.25) is 0 Å². The first-order chi connectivity index (χ1) is 19.0. The van der Waals surface area contributed by atoms with E-state index in [0.717, 1.165) is 22.3 Å². The van der Waals surface area contributed by atoms with E-state index in [1.807, 2.05) is 36.4 Å². The maximum atomic E-state index is 13.5. The molecule has 0 heterocycles. The summed E-state index contributed by atoms with van der Waals surface area (Å²) in [6, 6.07) is 17.5. The van der Waals surface area contributed by atoms with Crippen LogP contribution in [0.1, 0.15) is 52.2 Å². The number of carbonyl (C=O) groups excluding carboxylic acids is 1. The molecule has 39 heavy (non-hydrogen) atoms. The lowest BCUT2D eigenvalue weighted by molar-refractivity contribution is -0.185. The molecular formula is C29H31NO9. The molecule has 206 valence electrons. The lowest BCUT2D eigenvalue weighted by Gasteiger charge is -2.20. The van der Waals surface area contributed by atoms with Crippen LogP contribution in [0.15, 0.2) is 54.6 Å². The van der Waals surface area contributed by atoms with E-state index < -0.39 is 11.9 Å². The first-order valence-electron chi connectivity index (χ1n) is 12.5. The maximum absolute atomic E-state index is 13.5. The number of esters is 1. The van der Waals surface area contributed by atoms with Crippen LogP contribution in [-0.4, -0.2) is 44.5 Å². The monoisotopic (exact) mass is 537 g/mol. The Bertz CT molecular complexity index is 1280. The van der Waals surface area contributed by atoms with Gasteiger partial charge in [0.25, 0.3) is 0 Å². The molecule has 0 saturated carbocycles. The lowest BCUT2D eigenvalue weighted by Crippen LogP contribution is -2.17. The number of nitrogens with two attached hydrogens (primary N) is 1. The molecule has 0 spiro atoms. The van der Waals surface area contributed by atoms with Crippen molar-refractivity contribution in [3.63, 3.8) is 0 Å². The Morgan fingerprint density at radius 3 is 2.13 bits per heavy atom. The fourth-order valence-electron chi connectivity index (χ4n) is 4.73. The highest BCUT2D eigenvalue weighted by molar-refractivity contribution is 5.97. The summed E-state index contributed by atoms with van der Waals surface area (Å²) in [6.45, 7) is 0.231. The SMILES string of the molecule is COOc1cc(OCCCCC(=O)O)c(CN)c(OOC)c1C(=O)OCC1c2ccccc2-c2ccccc21. The van der Waals surface area contributed by atoms with Crippen molar-refractivity contribution >= 4 is 11.9 Å². The van der Waals surface area contributed by atoms with Crippen LogP contribution in [0.4, 0.5) is 0 Å². The molecule has 0 saturated heterocycles. The second kappa shape index (κ2) is 13.1. The molecule has 0 atom stereocenters. The Morgan fingerprint density at radius 2 is 1.54 bits per heavy atom. The quantitative estimate of drug-likeness (QED) is 0.130. The number of hydrogen-bond donors (Lipinski definition) is 2. The molecule has 0 radical (unpaired) electrons. The second-order valence-corrected chi connectivity index (χ2v) is 8.78. The summed E-state index contributed by atoms with van der Waals surface area (Å²) in [6.07, 6.45) is 0.962. The van der Waals surface area contributed by atoms with Crippen molar-refractivity contribution in [3.8, 4) is 28.4 Å². The van der Waals surface area contributed by atoms with E-state index in [1.54, 1.807) is 0 Å². The van der Waals surface area contributed by atoms with Gasteiger partial charge in [-0.3, -0.25) is 4.79 Å². The summed E-state index contributed by atoms with van der Waals surface area (Å²) in [5, 5.41) is 8.83. The van der Waals surface area contributed by atoms with Gasteiger partial charge in [-0.2, -0.15) is 9.78 Å². The Hall–Kier alpha value is -4.12. The molecule has 3 aromatic rings. The number of hydrogen-bond acceptors (Lipinski definition) is 9. The summed E-state index contributed by atoms with van der Waals surface area (Å²) in [4.78, 5) is 44.7. The molecule has 4 rings (SSSR count). The highest BCUT2D eigenvalue weighted by Crippen LogP contribution is 2.45. The summed E-state index contributed by atoms with van der Waals surface area (Å²) in [7, 11) is 2.58. The van der Waals surface area contributed by atoms with Crippen molar-refractivity contribution in [2.24, 2.45) is 5.73 Å². The number of carboxylic acid groups (broad SMARTS) is 1. The van der Waals surface area contributed by atoms with Crippen LogP contribution in [0.5, 0.6) is 17.2 Å². The van der Waals surface area contributed by atoms with Crippen LogP contribution >= 0.6 is 0 Å². The van der Waals surface area contributed by atoms with Crippen LogP contribution in [-0.2, 0) is 25.9 Å². The number of unbranched alkanes of at least 4 members (excludes halogenated alkanes) is 1. The predicted octanol–water partition coefficient (Wildman–Crippen LogP) is 4.63. The largest absolute Gasteiger partial charge is 0.493 e. The minimum Gasteiger partial charge on any atom is -0.493 e. The zero-order valence-electron chi connectivity index (χ0n) is 21.8. The topological polar surface area (TPSA) is 136 Å². The molecule has 0 aromatic heterocycles. The average molecular weight is 538 g/mol. The molecule has 1 aliphatic carbocycles. The third kappa shape index (κ3) is 6.14. The maximum Gasteiger partial charge on any atom is 0.346 e. The van der Waals surface area contributed by atoms with Crippen LogP contribution < -0.4 is 20.2 Å². The molecule has 3 N–H and O–H groups in total. The fourth-order valence-corrected chi connectivity index (χ4v) is 4.73. The van der Waals surface area contributed by atoms with Crippen LogP contribution in [0.3, 0.4) is 0 Å². The minimum atomic E-state index is -0.878. The van der Waals surface area contributed by atoms with E-state index in [9.17, 15) is 9.59 Å². The van der Waals surface area contributed by atoms with Gasteiger partial charge in [0.2, 0.25) is 0 Å². The summed E-state index contributed by atoms with van der Waals surface area (Å²) >= 11 is 0. The van der Waals surface area contributed by atoms with E-state index in [-0.39, 0.29) is 54.9 Å². The van der Waals surface area contributed by atoms with Crippen molar-refractivity contribution < 1.29 is 43.7 Å². The van der Waals surface area contributed by atoms with Gasteiger partial charge in [-0.1, -0.05) is 48.5 Å². The van der Waals surface area contributed by atoms with E-state index in [0.29, 0.717) is 18.4 Å². The molecule has 0 fully saturated rings. The molecule has 0 unspecified atom stereocenters.